The molecule has 0 spiro atoms. The van der Waals surface area contributed by atoms with Gasteiger partial charge in [0, 0.05) is 19.1 Å². The molecule has 18 heavy (non-hydrogen) atoms. The zero-order valence-electron chi connectivity index (χ0n) is 10.8. The van der Waals surface area contributed by atoms with E-state index in [2.05, 4.69) is 17.1 Å². The summed E-state index contributed by atoms with van der Waals surface area (Å²) >= 11 is 12.1. The van der Waals surface area contributed by atoms with Crippen LogP contribution in [0.1, 0.15) is 25.3 Å². The third-order valence-electron chi connectivity index (χ3n) is 3.55. The molecule has 1 aromatic carbocycles. The molecule has 1 N–H and O–H groups in total. The Morgan fingerprint density at radius 3 is 2.72 bits per heavy atom. The molecule has 0 bridgehead atoms. The maximum atomic E-state index is 6.15. The van der Waals surface area contributed by atoms with Crippen molar-refractivity contribution >= 4 is 23.2 Å². The van der Waals surface area contributed by atoms with Crippen LogP contribution in [-0.4, -0.2) is 30.6 Å². The minimum atomic E-state index is 0.588. The number of nitrogens with zero attached hydrogens (tertiary/aromatic N) is 1. The summed E-state index contributed by atoms with van der Waals surface area (Å²) < 4.78 is 0. The molecule has 2 rings (SSSR count). The Balaban J connectivity index is 1.79. The van der Waals surface area contributed by atoms with E-state index in [1.54, 1.807) is 0 Å². The minimum absolute atomic E-state index is 0.588. The standard InChI is InChI=1S/C14H20Cl2N2/c1-11(18-7-2-3-8-18)9-17-10-12-5-4-6-13(15)14(12)16/h4-6,11,17H,2-3,7-10H2,1H3. The first kappa shape index (κ1) is 14.1. The lowest BCUT2D eigenvalue weighted by molar-refractivity contribution is 0.251. The number of rotatable bonds is 5. The Kier molecular flexibility index (Phi) is 5.31. The van der Waals surface area contributed by atoms with Gasteiger partial charge < -0.3 is 5.32 Å². The van der Waals surface area contributed by atoms with Crippen LogP contribution in [0.15, 0.2) is 18.2 Å². The highest BCUT2D eigenvalue weighted by molar-refractivity contribution is 6.42. The Hall–Kier alpha value is -0.280. The van der Waals surface area contributed by atoms with Crippen molar-refractivity contribution < 1.29 is 0 Å². The summed E-state index contributed by atoms with van der Waals surface area (Å²) in [5.41, 5.74) is 1.07. The van der Waals surface area contributed by atoms with Crippen molar-refractivity contribution in [3.8, 4) is 0 Å². The molecule has 1 aliphatic heterocycles. The second-order valence-electron chi connectivity index (χ2n) is 4.94. The average Bonchev–Trinajstić information content (AvgIpc) is 2.88. The van der Waals surface area contributed by atoms with Crippen molar-refractivity contribution in [3.05, 3.63) is 33.8 Å². The molecule has 0 aromatic heterocycles. The molecule has 1 unspecified atom stereocenters. The van der Waals surface area contributed by atoms with Gasteiger partial charge >= 0.3 is 0 Å². The molecule has 100 valence electrons. The second kappa shape index (κ2) is 6.76. The van der Waals surface area contributed by atoms with E-state index in [0.717, 1.165) is 18.7 Å². The van der Waals surface area contributed by atoms with Crippen LogP contribution in [0.4, 0.5) is 0 Å². The van der Waals surface area contributed by atoms with E-state index in [0.29, 0.717) is 16.1 Å². The van der Waals surface area contributed by atoms with E-state index in [9.17, 15) is 0 Å². The summed E-state index contributed by atoms with van der Waals surface area (Å²) in [4.78, 5) is 2.53. The van der Waals surface area contributed by atoms with Crippen molar-refractivity contribution in [1.82, 2.24) is 10.2 Å². The quantitative estimate of drug-likeness (QED) is 0.890. The van der Waals surface area contributed by atoms with E-state index in [-0.39, 0.29) is 0 Å². The fourth-order valence-corrected chi connectivity index (χ4v) is 2.80. The first-order valence-electron chi connectivity index (χ1n) is 6.56. The van der Waals surface area contributed by atoms with Crippen molar-refractivity contribution in [2.24, 2.45) is 0 Å². The summed E-state index contributed by atoms with van der Waals surface area (Å²) in [6.45, 7) is 6.51. The average molecular weight is 287 g/mol. The van der Waals surface area contributed by atoms with E-state index >= 15 is 0 Å². The first-order chi connectivity index (χ1) is 8.68. The molecule has 0 saturated carbocycles. The second-order valence-corrected chi connectivity index (χ2v) is 5.72. The molecule has 1 saturated heterocycles. The smallest absolute Gasteiger partial charge is 0.0637 e. The maximum absolute atomic E-state index is 6.15. The van der Waals surface area contributed by atoms with Gasteiger partial charge in [0.1, 0.15) is 0 Å². The van der Waals surface area contributed by atoms with Gasteiger partial charge in [0.25, 0.3) is 0 Å². The third-order valence-corrected chi connectivity index (χ3v) is 4.41. The molecule has 0 radical (unpaired) electrons. The number of benzene rings is 1. The molecule has 0 amide bonds. The van der Waals surface area contributed by atoms with Crippen molar-refractivity contribution in [3.63, 3.8) is 0 Å². The molecular weight excluding hydrogens is 267 g/mol. The van der Waals surface area contributed by atoms with Crippen LogP contribution in [0, 0.1) is 0 Å². The highest BCUT2D eigenvalue weighted by Crippen LogP contribution is 2.25. The van der Waals surface area contributed by atoms with E-state index in [1.807, 2.05) is 18.2 Å². The topological polar surface area (TPSA) is 15.3 Å². The zero-order chi connectivity index (χ0) is 13.0. The Labute approximate surface area is 119 Å². The molecule has 1 aliphatic rings. The van der Waals surface area contributed by atoms with Crippen LogP contribution < -0.4 is 5.32 Å². The van der Waals surface area contributed by atoms with Gasteiger partial charge in [0.2, 0.25) is 0 Å². The van der Waals surface area contributed by atoms with Crippen LogP contribution in [0.3, 0.4) is 0 Å². The summed E-state index contributed by atoms with van der Waals surface area (Å²) in [5, 5.41) is 4.76. The molecule has 2 nitrogen and oxygen atoms in total. The van der Waals surface area contributed by atoms with Gasteiger partial charge in [-0.25, -0.2) is 0 Å². The summed E-state index contributed by atoms with van der Waals surface area (Å²) in [7, 11) is 0. The van der Waals surface area contributed by atoms with Crippen LogP contribution in [0.5, 0.6) is 0 Å². The predicted molar refractivity (Wildman–Crippen MR) is 78.4 cm³/mol. The van der Waals surface area contributed by atoms with Crippen molar-refractivity contribution in [2.75, 3.05) is 19.6 Å². The molecule has 0 aliphatic carbocycles. The SMILES string of the molecule is CC(CNCc1cccc(Cl)c1Cl)N1CCCC1. The molecule has 4 heteroatoms. The van der Waals surface area contributed by atoms with Gasteiger partial charge in [-0.3, -0.25) is 4.90 Å². The minimum Gasteiger partial charge on any atom is -0.311 e. The van der Waals surface area contributed by atoms with Gasteiger partial charge in [-0.2, -0.15) is 0 Å². The number of likely N-dealkylation sites (tertiary alicyclic amines) is 1. The normalized spacial score (nSPS) is 18.2. The summed E-state index contributed by atoms with van der Waals surface area (Å²) in [6.07, 6.45) is 2.68. The molecule has 1 fully saturated rings. The predicted octanol–water partition coefficient (Wildman–Crippen LogP) is 3.57. The highest BCUT2D eigenvalue weighted by Gasteiger charge is 2.17. The van der Waals surface area contributed by atoms with E-state index in [4.69, 9.17) is 23.2 Å². The van der Waals surface area contributed by atoms with Crippen LogP contribution in [0.2, 0.25) is 10.0 Å². The number of hydrogen-bond donors (Lipinski definition) is 1. The van der Waals surface area contributed by atoms with Crippen LogP contribution >= 0.6 is 23.2 Å². The van der Waals surface area contributed by atoms with Crippen molar-refractivity contribution in [2.45, 2.75) is 32.4 Å². The van der Waals surface area contributed by atoms with E-state index < -0.39 is 0 Å². The van der Waals surface area contributed by atoms with Gasteiger partial charge in [0.05, 0.1) is 10.0 Å². The fraction of sp³-hybridized carbons (Fsp3) is 0.571. The Bertz CT molecular complexity index is 389. The lowest BCUT2D eigenvalue weighted by Gasteiger charge is -2.24. The molecular formula is C14H20Cl2N2. The van der Waals surface area contributed by atoms with Gasteiger partial charge in [0.15, 0.2) is 0 Å². The van der Waals surface area contributed by atoms with Crippen LogP contribution in [-0.2, 0) is 6.54 Å². The lowest BCUT2D eigenvalue weighted by Crippen LogP contribution is -2.38. The highest BCUT2D eigenvalue weighted by atomic mass is 35.5. The van der Waals surface area contributed by atoms with Crippen LogP contribution in [0.25, 0.3) is 0 Å². The van der Waals surface area contributed by atoms with Crippen molar-refractivity contribution in [1.29, 1.82) is 0 Å². The summed E-state index contributed by atoms with van der Waals surface area (Å²) in [5.74, 6) is 0. The fourth-order valence-electron chi connectivity index (χ4n) is 2.41. The zero-order valence-corrected chi connectivity index (χ0v) is 12.3. The van der Waals surface area contributed by atoms with Gasteiger partial charge in [-0.15, -0.1) is 0 Å². The largest absolute Gasteiger partial charge is 0.311 e. The molecule has 1 heterocycles. The molecule has 1 atom stereocenters. The number of nitrogens with one attached hydrogen (secondary N) is 1. The maximum Gasteiger partial charge on any atom is 0.0637 e. The van der Waals surface area contributed by atoms with Gasteiger partial charge in [-0.05, 0) is 44.5 Å². The summed E-state index contributed by atoms with van der Waals surface area (Å²) in [6, 6.07) is 6.36. The first-order valence-corrected chi connectivity index (χ1v) is 7.31. The lowest BCUT2D eigenvalue weighted by atomic mass is 10.2. The van der Waals surface area contributed by atoms with Gasteiger partial charge in [-0.1, -0.05) is 35.3 Å². The third kappa shape index (κ3) is 3.61. The monoisotopic (exact) mass is 286 g/mol. The number of hydrogen-bond acceptors (Lipinski definition) is 2. The number of halogens is 2. The molecule has 1 aromatic rings. The Morgan fingerprint density at radius 2 is 2.00 bits per heavy atom. The Morgan fingerprint density at radius 1 is 1.28 bits per heavy atom. The van der Waals surface area contributed by atoms with E-state index in [1.165, 1.54) is 25.9 Å².